The highest BCUT2D eigenvalue weighted by molar-refractivity contribution is 7.90. The molecule has 3 aromatic rings. The second-order valence-electron chi connectivity index (χ2n) is 8.76. The number of benzene rings is 3. The van der Waals surface area contributed by atoms with E-state index in [1.165, 1.54) is 48.3 Å². The maximum Gasteiger partial charge on any atom is 0.285 e. The summed E-state index contributed by atoms with van der Waals surface area (Å²) < 4.78 is 67.4. The molecule has 13 heteroatoms. The van der Waals surface area contributed by atoms with Gasteiger partial charge in [-0.1, -0.05) is 54.1 Å². The molecule has 3 N–H and O–H groups in total. The Morgan fingerprint density at radius 2 is 1.71 bits per heavy atom. The molecule has 4 rings (SSSR count). The minimum Gasteiger partial charge on any atom is -0.350 e. The molecule has 1 heterocycles. The first-order valence-corrected chi connectivity index (χ1v) is 15.0. The maximum absolute atomic E-state index is 13.6. The van der Waals surface area contributed by atoms with E-state index in [1.807, 2.05) is 30.3 Å². The van der Waals surface area contributed by atoms with Crippen molar-refractivity contribution < 1.29 is 21.2 Å². The van der Waals surface area contributed by atoms with Crippen LogP contribution in [0.4, 0.5) is 4.39 Å². The second kappa shape index (κ2) is 11.2. The number of nitrogens with zero attached hydrogens (tertiary/aromatic N) is 3. The van der Waals surface area contributed by atoms with Crippen LogP contribution in [-0.4, -0.2) is 51.9 Å². The molecule has 1 aliphatic rings. The third-order valence-electron chi connectivity index (χ3n) is 5.68. The van der Waals surface area contributed by atoms with Gasteiger partial charge in [0.1, 0.15) is 5.82 Å². The van der Waals surface area contributed by atoms with E-state index in [2.05, 4.69) is 14.8 Å². The van der Waals surface area contributed by atoms with Gasteiger partial charge in [-0.15, -0.1) is 4.40 Å². The Hall–Kier alpha value is -3.32. The fourth-order valence-electron chi connectivity index (χ4n) is 3.99. The number of sulfonamides is 2. The van der Waals surface area contributed by atoms with Crippen LogP contribution in [0.25, 0.3) is 0 Å². The van der Waals surface area contributed by atoms with Crippen molar-refractivity contribution in [1.82, 2.24) is 10.3 Å². The Labute approximate surface area is 225 Å². The topological polar surface area (TPSA) is 134 Å². The summed E-state index contributed by atoms with van der Waals surface area (Å²) in [5.41, 5.74) is 2.10. The first-order chi connectivity index (χ1) is 17.9. The molecule has 0 bridgehead atoms. The third-order valence-corrected chi connectivity index (χ3v) is 8.17. The molecular weight excluding hydrogens is 553 g/mol. The Morgan fingerprint density at radius 1 is 1.08 bits per heavy atom. The highest BCUT2D eigenvalue weighted by Gasteiger charge is 2.33. The van der Waals surface area contributed by atoms with Crippen LogP contribution in [0, 0.1) is 5.82 Å². The molecular formula is C25H25ClFN5O4S2. The van der Waals surface area contributed by atoms with Crippen LogP contribution in [0.3, 0.4) is 0 Å². The summed E-state index contributed by atoms with van der Waals surface area (Å²) in [5, 5.41) is 14.4. The molecule has 0 spiro atoms. The number of nitrogens with two attached hydrogens (primary N) is 1. The summed E-state index contributed by atoms with van der Waals surface area (Å²) in [7, 11) is -8.12. The molecule has 0 saturated carbocycles. The van der Waals surface area contributed by atoms with Gasteiger partial charge in [0.25, 0.3) is 10.0 Å². The minimum atomic E-state index is -4.25. The Morgan fingerprint density at radius 3 is 2.32 bits per heavy atom. The van der Waals surface area contributed by atoms with E-state index >= 15 is 0 Å². The molecule has 2 atom stereocenters. The quantitative estimate of drug-likeness (QED) is 0.327. The van der Waals surface area contributed by atoms with E-state index in [0.717, 1.165) is 5.56 Å². The molecule has 0 amide bonds. The second-order valence-corrected chi connectivity index (χ2v) is 12.5. The van der Waals surface area contributed by atoms with Crippen molar-refractivity contribution >= 4 is 43.3 Å². The van der Waals surface area contributed by atoms with E-state index in [0.29, 0.717) is 16.3 Å². The lowest BCUT2D eigenvalue weighted by atomic mass is 9.91. The van der Waals surface area contributed by atoms with E-state index < -0.39 is 37.7 Å². The molecule has 0 fully saturated rings. The molecule has 0 aliphatic carbocycles. The maximum atomic E-state index is 13.6. The lowest BCUT2D eigenvalue weighted by Crippen LogP contribution is -2.46. The fraction of sp³-hybridized carbons (Fsp3) is 0.200. The minimum absolute atomic E-state index is 0.109. The fourth-order valence-corrected chi connectivity index (χ4v) is 5.86. The summed E-state index contributed by atoms with van der Waals surface area (Å²) in [4.78, 5) is -0.109. The van der Waals surface area contributed by atoms with E-state index in [1.54, 1.807) is 12.1 Å². The van der Waals surface area contributed by atoms with Crippen LogP contribution < -0.4 is 10.5 Å². The van der Waals surface area contributed by atoms with Gasteiger partial charge < -0.3 is 5.32 Å². The summed E-state index contributed by atoms with van der Waals surface area (Å²) >= 11 is 5.90. The summed E-state index contributed by atoms with van der Waals surface area (Å²) in [5.74, 6) is -1.39. The van der Waals surface area contributed by atoms with Crippen LogP contribution >= 0.6 is 11.6 Å². The standard InChI is InChI=1S/C25H25ClFN5O4S2/c1-17(16-37(28,33)34)29-25(31-38(35,36)22-13-9-20(26)10-14-22)32-15-23(18-5-3-2-4-6-18)24(30-32)19-7-11-21(27)12-8-19/h2-14,17,23H,15-16H2,1H3,(H,29,31)(H2,28,33,34)/t17?,23-/m1/s1. The van der Waals surface area contributed by atoms with Crippen molar-refractivity contribution in [2.75, 3.05) is 12.3 Å². The molecule has 9 nitrogen and oxygen atoms in total. The van der Waals surface area contributed by atoms with Gasteiger partial charge in [0.15, 0.2) is 0 Å². The molecule has 1 unspecified atom stereocenters. The van der Waals surface area contributed by atoms with Gasteiger partial charge in [0, 0.05) is 17.0 Å². The van der Waals surface area contributed by atoms with Crippen LogP contribution in [0.5, 0.6) is 0 Å². The van der Waals surface area contributed by atoms with E-state index in [-0.39, 0.29) is 23.3 Å². The molecule has 0 aromatic heterocycles. The van der Waals surface area contributed by atoms with Gasteiger partial charge in [0.05, 0.1) is 22.9 Å². The lowest BCUT2D eigenvalue weighted by Gasteiger charge is -2.22. The average Bonchev–Trinajstić information content (AvgIpc) is 3.29. The molecule has 38 heavy (non-hydrogen) atoms. The SMILES string of the molecule is CC(CS(N)(=O)=O)N/C(=N\S(=O)(=O)c1ccc(Cl)cc1)N1C[C@H](c2ccccc2)C(c2ccc(F)cc2)=N1. The number of halogens is 2. The van der Waals surface area contributed by atoms with Crippen molar-refractivity contribution in [2.45, 2.75) is 23.8 Å². The number of hydrogen-bond donors (Lipinski definition) is 2. The van der Waals surface area contributed by atoms with Gasteiger partial charge in [-0.25, -0.2) is 23.0 Å². The highest BCUT2D eigenvalue weighted by Crippen LogP contribution is 2.29. The molecule has 3 aromatic carbocycles. The van der Waals surface area contributed by atoms with Gasteiger partial charge in [-0.05, 0) is 54.4 Å². The zero-order valence-corrected chi connectivity index (χ0v) is 22.6. The van der Waals surface area contributed by atoms with Gasteiger partial charge in [0.2, 0.25) is 16.0 Å². The van der Waals surface area contributed by atoms with Crippen molar-refractivity contribution in [3.8, 4) is 0 Å². The largest absolute Gasteiger partial charge is 0.350 e. The number of nitrogens with one attached hydrogen (secondary N) is 1. The monoisotopic (exact) mass is 577 g/mol. The van der Waals surface area contributed by atoms with Gasteiger partial charge >= 0.3 is 0 Å². The summed E-state index contributed by atoms with van der Waals surface area (Å²) in [6.45, 7) is 1.71. The van der Waals surface area contributed by atoms with Crippen LogP contribution in [0.2, 0.25) is 5.02 Å². The number of guanidine groups is 1. The van der Waals surface area contributed by atoms with Crippen LogP contribution in [0.1, 0.15) is 24.0 Å². The van der Waals surface area contributed by atoms with Gasteiger partial charge in [-0.3, -0.25) is 0 Å². The number of primary sulfonamides is 1. The molecule has 200 valence electrons. The summed E-state index contributed by atoms with van der Waals surface area (Å²) in [6.07, 6.45) is 0. The van der Waals surface area contributed by atoms with Crippen molar-refractivity contribution in [3.63, 3.8) is 0 Å². The highest BCUT2D eigenvalue weighted by atomic mass is 35.5. The molecule has 1 aliphatic heterocycles. The van der Waals surface area contributed by atoms with Crippen molar-refractivity contribution in [1.29, 1.82) is 0 Å². The first kappa shape index (κ1) is 27.7. The predicted octanol–water partition coefficient (Wildman–Crippen LogP) is 3.29. The predicted molar refractivity (Wildman–Crippen MR) is 145 cm³/mol. The van der Waals surface area contributed by atoms with Crippen LogP contribution in [-0.2, 0) is 20.0 Å². The van der Waals surface area contributed by atoms with E-state index in [9.17, 15) is 21.2 Å². The van der Waals surface area contributed by atoms with Gasteiger partial charge in [-0.2, -0.15) is 13.5 Å². The smallest absolute Gasteiger partial charge is 0.285 e. The van der Waals surface area contributed by atoms with Crippen molar-refractivity contribution in [3.05, 3.63) is 101 Å². The Balaban J connectivity index is 1.79. The van der Waals surface area contributed by atoms with Crippen LogP contribution in [0.15, 0.2) is 93.3 Å². The zero-order valence-electron chi connectivity index (χ0n) is 20.2. The lowest BCUT2D eigenvalue weighted by molar-refractivity contribution is 0.448. The molecule has 0 saturated heterocycles. The molecule has 0 radical (unpaired) electrons. The zero-order chi connectivity index (χ0) is 27.5. The van der Waals surface area contributed by atoms with E-state index in [4.69, 9.17) is 16.7 Å². The van der Waals surface area contributed by atoms with Crippen molar-refractivity contribution in [2.24, 2.45) is 14.6 Å². The third kappa shape index (κ3) is 6.95. The average molecular weight is 578 g/mol. The Kier molecular flexibility index (Phi) is 8.16. The summed E-state index contributed by atoms with van der Waals surface area (Å²) in [6, 6.07) is 19.9. The Bertz CT molecular complexity index is 1560. The normalized spacial score (nSPS) is 17.3. The number of rotatable bonds is 7. The number of hydrazone groups is 1. The number of hydrogen-bond acceptors (Lipinski definition) is 5. The first-order valence-electron chi connectivity index (χ1n) is 11.5.